The third-order valence-electron chi connectivity index (χ3n) is 5.23. The molecule has 0 radical (unpaired) electrons. The van der Waals surface area contributed by atoms with Gasteiger partial charge in [0.05, 0.1) is 17.2 Å². The molecule has 0 aromatic heterocycles. The number of hydrogen-bond acceptors (Lipinski definition) is 6. The van der Waals surface area contributed by atoms with Crippen LogP contribution in [0.5, 0.6) is 5.75 Å². The summed E-state index contributed by atoms with van der Waals surface area (Å²) < 4.78 is 69.1. The number of anilines is 1. The number of aliphatic imine (C=N–C) groups is 2. The van der Waals surface area contributed by atoms with Crippen LogP contribution in [0.15, 0.2) is 86.9 Å². The van der Waals surface area contributed by atoms with E-state index in [1.165, 1.54) is 24.4 Å². The number of thioether (sulfide) groups is 1. The highest BCUT2D eigenvalue weighted by atomic mass is 32.2. The molecule has 1 aliphatic rings. The van der Waals surface area contributed by atoms with Crippen LogP contribution >= 0.6 is 11.8 Å². The third-order valence-corrected chi connectivity index (χ3v) is 6.26. The van der Waals surface area contributed by atoms with E-state index in [1.807, 2.05) is 0 Å². The Morgan fingerprint density at radius 2 is 1.68 bits per heavy atom. The number of alkyl halides is 3. The standard InChI is InChI=1S/C26H19F5N6O2S/c1-15-24(38)37(22-20(27)3-2-4-21(22)28)25(40-15)36-35-13-16-5-7-17(8-6-16)23(32)34-14-33-18-9-11-19(12-10-18)39-26(29,30)31/h2-15H,1H3,(H2,32,33,34)/b35-13-,36-25+. The maximum Gasteiger partial charge on any atom is 0.573 e. The van der Waals surface area contributed by atoms with Crippen LogP contribution in [0.4, 0.5) is 33.3 Å². The minimum atomic E-state index is -4.78. The van der Waals surface area contributed by atoms with Crippen LogP contribution in [0.3, 0.4) is 0 Å². The first-order valence-corrected chi connectivity index (χ1v) is 12.3. The third kappa shape index (κ3) is 7.08. The van der Waals surface area contributed by atoms with E-state index in [0.29, 0.717) is 16.8 Å². The maximum absolute atomic E-state index is 14.3. The van der Waals surface area contributed by atoms with Gasteiger partial charge in [0, 0.05) is 5.56 Å². The Balaban J connectivity index is 1.41. The lowest BCUT2D eigenvalue weighted by Crippen LogP contribution is -2.32. The largest absolute Gasteiger partial charge is 0.573 e. The molecule has 1 fully saturated rings. The average molecular weight is 575 g/mol. The topological polar surface area (TPSA) is 105 Å². The van der Waals surface area contributed by atoms with Crippen LogP contribution in [-0.4, -0.2) is 41.1 Å². The molecular weight excluding hydrogens is 555 g/mol. The lowest BCUT2D eigenvalue weighted by Gasteiger charge is -2.16. The van der Waals surface area contributed by atoms with Crippen molar-refractivity contribution in [2.45, 2.75) is 18.5 Å². The predicted octanol–water partition coefficient (Wildman–Crippen LogP) is 5.79. The molecular formula is C26H19F5N6O2S. The average Bonchev–Trinajstić information content (AvgIpc) is 3.17. The first-order chi connectivity index (χ1) is 19.0. The summed E-state index contributed by atoms with van der Waals surface area (Å²) >= 11 is 1.03. The molecule has 1 saturated heterocycles. The Morgan fingerprint density at radius 3 is 2.30 bits per heavy atom. The molecule has 1 amide bonds. The summed E-state index contributed by atoms with van der Waals surface area (Å²) in [6.07, 6.45) is -2.23. The van der Waals surface area contributed by atoms with Crippen molar-refractivity contribution in [3.8, 4) is 5.75 Å². The van der Waals surface area contributed by atoms with E-state index < -0.39 is 34.8 Å². The van der Waals surface area contributed by atoms with Crippen LogP contribution in [0.2, 0.25) is 0 Å². The summed E-state index contributed by atoms with van der Waals surface area (Å²) in [4.78, 5) is 21.4. The Kier molecular flexibility index (Phi) is 8.58. The Hall–Kier alpha value is -4.59. The number of para-hydroxylation sites is 1. The maximum atomic E-state index is 14.3. The highest BCUT2D eigenvalue weighted by molar-refractivity contribution is 8.16. The minimum Gasteiger partial charge on any atom is -0.406 e. The summed E-state index contributed by atoms with van der Waals surface area (Å²) in [5.74, 6) is -2.55. The van der Waals surface area contributed by atoms with Gasteiger partial charge in [-0.3, -0.25) is 9.69 Å². The number of amides is 1. The molecule has 1 heterocycles. The molecule has 3 aromatic rings. The van der Waals surface area contributed by atoms with Gasteiger partial charge in [-0.25, -0.2) is 18.8 Å². The molecule has 206 valence electrons. The summed E-state index contributed by atoms with van der Waals surface area (Å²) in [6.45, 7) is 1.60. The fourth-order valence-electron chi connectivity index (χ4n) is 3.37. The van der Waals surface area contributed by atoms with E-state index in [-0.39, 0.29) is 16.8 Å². The van der Waals surface area contributed by atoms with Crippen LogP contribution in [0.1, 0.15) is 18.1 Å². The fraction of sp³-hybridized carbons (Fsp3) is 0.115. The number of benzene rings is 3. The van der Waals surface area contributed by atoms with Gasteiger partial charge in [0.15, 0.2) is 5.17 Å². The molecule has 14 heteroatoms. The molecule has 4 rings (SSSR count). The fourth-order valence-corrected chi connectivity index (χ4v) is 4.27. The summed E-state index contributed by atoms with van der Waals surface area (Å²) in [7, 11) is 0. The van der Waals surface area contributed by atoms with Crippen molar-refractivity contribution in [2.24, 2.45) is 25.9 Å². The van der Waals surface area contributed by atoms with Crippen molar-refractivity contribution < 1.29 is 31.5 Å². The number of amidine groups is 2. The van der Waals surface area contributed by atoms with Crippen LogP contribution in [-0.2, 0) is 4.79 Å². The van der Waals surface area contributed by atoms with Gasteiger partial charge in [-0.2, -0.15) is 5.10 Å². The molecule has 2 N–H and O–H groups in total. The Morgan fingerprint density at radius 1 is 1.02 bits per heavy atom. The van der Waals surface area contributed by atoms with E-state index in [4.69, 9.17) is 5.73 Å². The quantitative estimate of drug-likeness (QED) is 0.167. The number of halogens is 5. The number of hydrogen-bond donors (Lipinski definition) is 1. The molecule has 0 spiro atoms. The van der Waals surface area contributed by atoms with Gasteiger partial charge >= 0.3 is 6.36 Å². The molecule has 0 aliphatic carbocycles. The van der Waals surface area contributed by atoms with Crippen molar-refractivity contribution in [3.63, 3.8) is 0 Å². The highest BCUT2D eigenvalue weighted by Crippen LogP contribution is 2.34. The first-order valence-electron chi connectivity index (χ1n) is 11.4. The lowest BCUT2D eigenvalue weighted by molar-refractivity contribution is -0.274. The van der Waals surface area contributed by atoms with Gasteiger partial charge in [-0.05, 0) is 48.9 Å². The Bertz CT molecular complexity index is 1490. The molecule has 1 atom stereocenters. The molecule has 1 aliphatic heterocycles. The SMILES string of the molecule is CC1S/C(=N/N=C\c2ccc(C(N)=NC=Nc3ccc(OC(F)(F)F)cc3)cc2)N(c2c(F)cccc2F)C1=O. The predicted molar refractivity (Wildman–Crippen MR) is 144 cm³/mol. The summed E-state index contributed by atoms with van der Waals surface area (Å²) in [6, 6.07) is 14.9. The molecule has 0 bridgehead atoms. The zero-order valence-electron chi connectivity index (χ0n) is 20.5. The second-order valence-corrected chi connectivity index (χ2v) is 9.36. The molecule has 0 saturated carbocycles. The second kappa shape index (κ2) is 12.1. The second-order valence-electron chi connectivity index (χ2n) is 8.05. The molecule has 3 aromatic carbocycles. The molecule has 40 heavy (non-hydrogen) atoms. The number of ether oxygens (including phenoxy) is 1. The van der Waals surface area contributed by atoms with Gasteiger partial charge in [0.25, 0.3) is 0 Å². The smallest absolute Gasteiger partial charge is 0.406 e. The zero-order chi connectivity index (χ0) is 28.9. The van der Waals surface area contributed by atoms with Crippen molar-refractivity contribution in [2.75, 3.05) is 4.90 Å². The summed E-state index contributed by atoms with van der Waals surface area (Å²) in [5, 5.41) is 7.40. The van der Waals surface area contributed by atoms with Crippen LogP contribution in [0.25, 0.3) is 0 Å². The minimum absolute atomic E-state index is 0.0348. The van der Waals surface area contributed by atoms with Gasteiger partial charge in [0.2, 0.25) is 5.91 Å². The van der Waals surface area contributed by atoms with Crippen molar-refractivity contribution in [3.05, 3.63) is 89.5 Å². The van der Waals surface area contributed by atoms with E-state index in [1.54, 1.807) is 31.2 Å². The number of nitrogens with two attached hydrogens (primary N) is 1. The van der Waals surface area contributed by atoms with E-state index >= 15 is 0 Å². The van der Waals surface area contributed by atoms with E-state index in [0.717, 1.165) is 47.3 Å². The molecule has 8 nitrogen and oxygen atoms in total. The van der Waals surface area contributed by atoms with Gasteiger partial charge in [0.1, 0.15) is 35.2 Å². The van der Waals surface area contributed by atoms with Gasteiger partial charge < -0.3 is 10.5 Å². The lowest BCUT2D eigenvalue weighted by atomic mass is 10.1. The van der Waals surface area contributed by atoms with Crippen LogP contribution < -0.4 is 15.4 Å². The number of carbonyl (C=O) groups excluding carboxylic acids is 1. The van der Waals surface area contributed by atoms with E-state index in [9.17, 15) is 26.7 Å². The number of carbonyl (C=O) groups is 1. The number of nitrogens with zero attached hydrogens (tertiary/aromatic N) is 5. The Labute approximate surface area is 228 Å². The number of rotatable bonds is 7. The first kappa shape index (κ1) is 28.4. The van der Waals surface area contributed by atoms with Gasteiger partial charge in [-0.1, -0.05) is 42.1 Å². The van der Waals surface area contributed by atoms with E-state index in [2.05, 4.69) is 24.9 Å². The highest BCUT2D eigenvalue weighted by Gasteiger charge is 2.39. The van der Waals surface area contributed by atoms with Crippen molar-refractivity contribution >= 4 is 52.6 Å². The van der Waals surface area contributed by atoms with Gasteiger partial charge in [-0.15, -0.1) is 18.3 Å². The zero-order valence-corrected chi connectivity index (χ0v) is 21.3. The van der Waals surface area contributed by atoms with Crippen molar-refractivity contribution in [1.82, 2.24) is 0 Å². The van der Waals surface area contributed by atoms with Crippen LogP contribution in [0, 0.1) is 11.6 Å². The summed E-state index contributed by atoms with van der Waals surface area (Å²) in [5.41, 5.74) is 6.96. The monoisotopic (exact) mass is 574 g/mol. The normalized spacial score (nSPS) is 17.5. The molecule has 1 unspecified atom stereocenters. The van der Waals surface area contributed by atoms with Crippen molar-refractivity contribution in [1.29, 1.82) is 0 Å².